The van der Waals surface area contributed by atoms with Gasteiger partial charge in [0, 0.05) is 11.3 Å². The van der Waals surface area contributed by atoms with E-state index in [0.29, 0.717) is 11.3 Å². The Morgan fingerprint density at radius 2 is 1.56 bits per heavy atom. The highest BCUT2D eigenvalue weighted by atomic mass is 16.5. The standard InChI is InChI=1S/C21H23NO3/c1-15-7-11-18(12-8-15)22-20(23)16-9-13-19(14-10-16)25-21(24)17-5-3-2-4-6-17/h7-14,17H,2-6H2,1H3,(H,22,23). The molecule has 4 heteroatoms. The molecule has 0 aliphatic heterocycles. The Labute approximate surface area is 148 Å². The van der Waals surface area contributed by atoms with E-state index in [1.807, 2.05) is 31.2 Å². The second kappa shape index (κ2) is 7.97. The first-order valence-electron chi connectivity index (χ1n) is 8.81. The van der Waals surface area contributed by atoms with Crippen LogP contribution in [0.3, 0.4) is 0 Å². The van der Waals surface area contributed by atoms with Crippen molar-refractivity contribution in [1.82, 2.24) is 0 Å². The third-order valence-electron chi connectivity index (χ3n) is 4.58. The van der Waals surface area contributed by atoms with Gasteiger partial charge >= 0.3 is 5.97 Å². The molecule has 1 N–H and O–H groups in total. The van der Waals surface area contributed by atoms with Gasteiger partial charge in [0.1, 0.15) is 5.75 Å². The predicted octanol–water partition coefficient (Wildman–Crippen LogP) is 4.73. The minimum Gasteiger partial charge on any atom is -0.426 e. The average molecular weight is 337 g/mol. The Morgan fingerprint density at radius 1 is 0.920 bits per heavy atom. The van der Waals surface area contributed by atoms with Gasteiger partial charge in [-0.05, 0) is 56.2 Å². The van der Waals surface area contributed by atoms with Gasteiger partial charge in [0.15, 0.2) is 0 Å². The van der Waals surface area contributed by atoms with Gasteiger partial charge in [-0.2, -0.15) is 0 Å². The molecule has 2 aromatic rings. The van der Waals surface area contributed by atoms with Gasteiger partial charge in [0.25, 0.3) is 5.91 Å². The first-order chi connectivity index (χ1) is 12.1. The molecule has 0 bridgehead atoms. The smallest absolute Gasteiger partial charge is 0.314 e. The minimum atomic E-state index is -0.186. The van der Waals surface area contributed by atoms with Crippen LogP contribution in [0.1, 0.15) is 48.0 Å². The van der Waals surface area contributed by atoms with Crippen LogP contribution in [0.25, 0.3) is 0 Å². The maximum absolute atomic E-state index is 12.3. The zero-order valence-electron chi connectivity index (χ0n) is 14.5. The number of carbonyl (C=O) groups excluding carboxylic acids is 2. The van der Waals surface area contributed by atoms with Gasteiger partial charge in [-0.15, -0.1) is 0 Å². The molecule has 25 heavy (non-hydrogen) atoms. The predicted molar refractivity (Wildman–Crippen MR) is 97.8 cm³/mol. The first-order valence-corrected chi connectivity index (χ1v) is 8.81. The summed E-state index contributed by atoms with van der Waals surface area (Å²) < 4.78 is 5.45. The Kier molecular flexibility index (Phi) is 5.49. The van der Waals surface area contributed by atoms with Crippen LogP contribution in [0, 0.1) is 12.8 Å². The summed E-state index contributed by atoms with van der Waals surface area (Å²) in [7, 11) is 0. The Hall–Kier alpha value is -2.62. The number of amides is 1. The Morgan fingerprint density at radius 3 is 2.20 bits per heavy atom. The molecule has 0 saturated heterocycles. The number of aryl methyl sites for hydroxylation is 1. The maximum Gasteiger partial charge on any atom is 0.314 e. The van der Waals surface area contributed by atoms with Gasteiger partial charge in [-0.3, -0.25) is 9.59 Å². The van der Waals surface area contributed by atoms with Gasteiger partial charge < -0.3 is 10.1 Å². The molecule has 0 spiro atoms. The fourth-order valence-electron chi connectivity index (χ4n) is 3.05. The van der Waals surface area contributed by atoms with Crippen LogP contribution in [0.4, 0.5) is 5.69 Å². The van der Waals surface area contributed by atoms with Crippen LogP contribution in [-0.4, -0.2) is 11.9 Å². The largest absolute Gasteiger partial charge is 0.426 e. The minimum absolute atomic E-state index is 0.0123. The Balaban J connectivity index is 1.58. The molecule has 0 radical (unpaired) electrons. The summed E-state index contributed by atoms with van der Waals surface area (Å²) >= 11 is 0. The number of carbonyl (C=O) groups is 2. The highest BCUT2D eigenvalue weighted by molar-refractivity contribution is 6.04. The van der Waals surface area contributed by atoms with Crippen LogP contribution in [0.15, 0.2) is 48.5 Å². The average Bonchev–Trinajstić information content (AvgIpc) is 2.65. The van der Waals surface area contributed by atoms with Crippen LogP contribution in [0.2, 0.25) is 0 Å². The van der Waals surface area contributed by atoms with E-state index in [1.54, 1.807) is 24.3 Å². The van der Waals surface area contributed by atoms with Crippen molar-refractivity contribution >= 4 is 17.6 Å². The lowest BCUT2D eigenvalue weighted by Gasteiger charge is -2.19. The van der Waals surface area contributed by atoms with Crippen molar-refractivity contribution in [2.75, 3.05) is 5.32 Å². The second-order valence-electron chi connectivity index (χ2n) is 6.60. The third kappa shape index (κ3) is 4.69. The quantitative estimate of drug-likeness (QED) is 0.648. The number of anilines is 1. The summed E-state index contributed by atoms with van der Waals surface area (Å²) in [6, 6.07) is 14.3. The summed E-state index contributed by atoms with van der Waals surface area (Å²) in [6.45, 7) is 2.00. The van der Waals surface area contributed by atoms with E-state index in [4.69, 9.17) is 4.74 Å². The van der Waals surface area contributed by atoms with Gasteiger partial charge in [-0.1, -0.05) is 37.0 Å². The van der Waals surface area contributed by atoms with Crippen molar-refractivity contribution in [3.63, 3.8) is 0 Å². The summed E-state index contributed by atoms with van der Waals surface area (Å²) in [5, 5.41) is 2.85. The molecule has 1 fully saturated rings. The number of nitrogens with one attached hydrogen (secondary N) is 1. The van der Waals surface area contributed by atoms with Crippen molar-refractivity contribution in [3.05, 3.63) is 59.7 Å². The zero-order chi connectivity index (χ0) is 17.6. The number of hydrogen-bond acceptors (Lipinski definition) is 3. The summed E-state index contributed by atoms with van der Waals surface area (Å²) in [5.41, 5.74) is 2.42. The first kappa shape index (κ1) is 17.2. The van der Waals surface area contributed by atoms with E-state index in [2.05, 4.69) is 5.32 Å². The maximum atomic E-state index is 12.3. The van der Waals surface area contributed by atoms with Crippen LogP contribution >= 0.6 is 0 Å². The molecule has 2 aromatic carbocycles. The summed E-state index contributed by atoms with van der Waals surface area (Å²) in [6.07, 6.45) is 5.22. The van der Waals surface area contributed by atoms with Crippen molar-refractivity contribution in [1.29, 1.82) is 0 Å². The number of benzene rings is 2. The lowest BCUT2D eigenvalue weighted by molar-refractivity contribution is -0.139. The van der Waals surface area contributed by atoms with Crippen molar-refractivity contribution in [3.8, 4) is 5.75 Å². The molecule has 130 valence electrons. The van der Waals surface area contributed by atoms with Gasteiger partial charge in [0.05, 0.1) is 5.92 Å². The molecule has 0 heterocycles. The monoisotopic (exact) mass is 337 g/mol. The van der Waals surface area contributed by atoms with Crippen LogP contribution < -0.4 is 10.1 Å². The molecule has 4 nitrogen and oxygen atoms in total. The highest BCUT2D eigenvalue weighted by Gasteiger charge is 2.23. The molecule has 0 aromatic heterocycles. The van der Waals surface area contributed by atoms with E-state index in [-0.39, 0.29) is 17.8 Å². The van der Waals surface area contributed by atoms with E-state index in [1.165, 1.54) is 6.42 Å². The molecule has 1 aliphatic carbocycles. The molecule has 0 atom stereocenters. The molecule has 1 saturated carbocycles. The van der Waals surface area contributed by atoms with E-state index in [9.17, 15) is 9.59 Å². The normalized spacial score (nSPS) is 14.8. The summed E-state index contributed by atoms with van der Waals surface area (Å²) in [5.74, 6) is 0.159. The van der Waals surface area contributed by atoms with E-state index >= 15 is 0 Å². The third-order valence-corrected chi connectivity index (χ3v) is 4.58. The molecular weight excluding hydrogens is 314 g/mol. The zero-order valence-corrected chi connectivity index (χ0v) is 14.5. The highest BCUT2D eigenvalue weighted by Crippen LogP contribution is 2.25. The SMILES string of the molecule is Cc1ccc(NC(=O)c2ccc(OC(=O)C3CCCCC3)cc2)cc1. The molecular formula is C21H23NO3. The molecule has 3 rings (SSSR count). The van der Waals surface area contributed by atoms with Crippen LogP contribution in [0.5, 0.6) is 5.75 Å². The lowest BCUT2D eigenvalue weighted by atomic mass is 9.89. The fraction of sp³-hybridized carbons (Fsp3) is 0.333. The van der Waals surface area contributed by atoms with Gasteiger partial charge in [0.2, 0.25) is 0 Å². The Bertz CT molecular complexity index is 729. The van der Waals surface area contributed by atoms with Crippen molar-refractivity contribution in [2.45, 2.75) is 39.0 Å². The topological polar surface area (TPSA) is 55.4 Å². The van der Waals surface area contributed by atoms with Crippen molar-refractivity contribution < 1.29 is 14.3 Å². The summed E-state index contributed by atoms with van der Waals surface area (Å²) in [4.78, 5) is 24.4. The molecule has 0 unspecified atom stereocenters. The van der Waals surface area contributed by atoms with E-state index in [0.717, 1.165) is 36.9 Å². The second-order valence-corrected chi connectivity index (χ2v) is 6.60. The van der Waals surface area contributed by atoms with Crippen molar-refractivity contribution in [2.24, 2.45) is 5.92 Å². The number of esters is 1. The number of ether oxygens (including phenoxy) is 1. The molecule has 1 aliphatic rings. The van der Waals surface area contributed by atoms with Gasteiger partial charge in [-0.25, -0.2) is 0 Å². The fourth-order valence-corrected chi connectivity index (χ4v) is 3.05. The van der Waals surface area contributed by atoms with E-state index < -0.39 is 0 Å². The number of rotatable bonds is 4. The van der Waals surface area contributed by atoms with Crippen LogP contribution in [-0.2, 0) is 4.79 Å². The number of hydrogen-bond donors (Lipinski definition) is 1. The molecule has 1 amide bonds. The lowest BCUT2D eigenvalue weighted by Crippen LogP contribution is -2.22.